The summed E-state index contributed by atoms with van der Waals surface area (Å²) in [6, 6.07) is 3.87. The van der Waals surface area contributed by atoms with E-state index < -0.39 is 16.0 Å². The van der Waals surface area contributed by atoms with Crippen molar-refractivity contribution in [2.45, 2.75) is 30.2 Å². The fourth-order valence-corrected chi connectivity index (χ4v) is 5.23. The van der Waals surface area contributed by atoms with Gasteiger partial charge in [0, 0.05) is 12.6 Å². The van der Waals surface area contributed by atoms with Crippen LogP contribution in [-0.4, -0.2) is 36.4 Å². The fourth-order valence-electron chi connectivity index (χ4n) is 3.14. The minimum atomic E-state index is -3.58. The Hall–Kier alpha value is -1.11. The van der Waals surface area contributed by atoms with Crippen molar-refractivity contribution in [2.75, 3.05) is 6.54 Å². The zero-order valence-electron chi connectivity index (χ0n) is 10.6. The molecule has 0 spiro atoms. The third kappa shape index (κ3) is 2.12. The molecule has 2 atom stereocenters. The maximum Gasteiger partial charge on any atom is 0.337 e. The summed E-state index contributed by atoms with van der Waals surface area (Å²) in [5.41, 5.74) is -0.0893. The molecule has 1 N–H and O–H groups in total. The molecule has 1 aliphatic carbocycles. The van der Waals surface area contributed by atoms with Crippen LogP contribution in [-0.2, 0) is 10.0 Å². The molecule has 2 unspecified atom stereocenters. The van der Waals surface area contributed by atoms with Crippen molar-refractivity contribution in [3.05, 3.63) is 28.8 Å². The van der Waals surface area contributed by atoms with Gasteiger partial charge in [-0.25, -0.2) is 13.2 Å². The summed E-state index contributed by atoms with van der Waals surface area (Å²) >= 11 is 5.85. The van der Waals surface area contributed by atoms with E-state index in [1.165, 1.54) is 22.5 Å². The molecule has 1 saturated carbocycles. The van der Waals surface area contributed by atoms with Crippen LogP contribution in [0.25, 0.3) is 0 Å². The highest BCUT2D eigenvalue weighted by atomic mass is 35.5. The number of sulfonamides is 1. The molecule has 3 rings (SSSR count). The van der Waals surface area contributed by atoms with Gasteiger partial charge in [-0.1, -0.05) is 11.6 Å². The smallest absolute Gasteiger partial charge is 0.337 e. The molecule has 0 amide bonds. The zero-order valence-corrected chi connectivity index (χ0v) is 12.2. The lowest BCUT2D eigenvalue weighted by atomic mass is 10.1. The average molecular weight is 316 g/mol. The van der Waals surface area contributed by atoms with Crippen molar-refractivity contribution in [1.82, 2.24) is 4.31 Å². The summed E-state index contributed by atoms with van der Waals surface area (Å²) in [5, 5.41) is 8.86. The zero-order chi connectivity index (χ0) is 14.5. The predicted molar refractivity (Wildman–Crippen MR) is 73.4 cm³/mol. The molecule has 1 saturated heterocycles. The van der Waals surface area contributed by atoms with Crippen molar-refractivity contribution < 1.29 is 18.3 Å². The van der Waals surface area contributed by atoms with Gasteiger partial charge in [0.1, 0.15) is 0 Å². The van der Waals surface area contributed by atoms with Crippen LogP contribution in [0.1, 0.15) is 29.6 Å². The van der Waals surface area contributed by atoms with Crippen LogP contribution < -0.4 is 0 Å². The number of benzene rings is 1. The molecule has 2 bridgehead atoms. The number of fused-ring (bicyclic) bond motifs is 2. The Morgan fingerprint density at radius 1 is 1.35 bits per heavy atom. The Kier molecular flexibility index (Phi) is 3.27. The Bertz CT molecular complexity index is 673. The van der Waals surface area contributed by atoms with Gasteiger partial charge >= 0.3 is 5.97 Å². The fraction of sp³-hybridized carbons (Fsp3) is 0.462. The molecule has 2 fully saturated rings. The SMILES string of the molecule is O=C(O)c1ccc(S(=O)(=O)N2CC3CCC2C3)cc1Cl. The number of piperidine rings is 1. The minimum Gasteiger partial charge on any atom is -0.478 e. The molecular formula is C13H14ClNO4S. The van der Waals surface area contributed by atoms with Crippen LogP contribution in [0.4, 0.5) is 0 Å². The lowest BCUT2D eigenvalue weighted by Gasteiger charge is -2.26. The molecule has 1 aliphatic heterocycles. The van der Waals surface area contributed by atoms with Crippen LogP contribution in [0.15, 0.2) is 23.1 Å². The first-order valence-electron chi connectivity index (χ1n) is 6.44. The molecule has 2 aliphatic rings. The highest BCUT2D eigenvalue weighted by Crippen LogP contribution is 2.40. The summed E-state index contributed by atoms with van der Waals surface area (Å²) in [5.74, 6) is -0.706. The van der Waals surface area contributed by atoms with Crippen molar-refractivity contribution in [3.8, 4) is 0 Å². The van der Waals surface area contributed by atoms with Crippen LogP contribution in [0.2, 0.25) is 5.02 Å². The topological polar surface area (TPSA) is 74.7 Å². The summed E-state index contributed by atoms with van der Waals surface area (Å²) in [7, 11) is -3.58. The largest absolute Gasteiger partial charge is 0.478 e. The molecule has 0 radical (unpaired) electrons. The molecule has 108 valence electrons. The van der Waals surface area contributed by atoms with Crippen LogP contribution in [0.3, 0.4) is 0 Å². The van der Waals surface area contributed by atoms with Crippen LogP contribution >= 0.6 is 11.6 Å². The highest BCUT2D eigenvalue weighted by Gasteiger charge is 2.44. The summed E-state index contributed by atoms with van der Waals surface area (Å²) in [6.45, 7) is 0.561. The number of carbonyl (C=O) groups is 1. The quantitative estimate of drug-likeness (QED) is 0.928. The van der Waals surface area contributed by atoms with Crippen molar-refractivity contribution in [2.24, 2.45) is 5.92 Å². The number of hydrogen-bond acceptors (Lipinski definition) is 3. The first-order valence-corrected chi connectivity index (χ1v) is 8.26. The van der Waals surface area contributed by atoms with E-state index in [9.17, 15) is 13.2 Å². The standard InChI is InChI=1S/C13H14ClNO4S/c14-12-6-10(3-4-11(12)13(16)17)20(18,19)15-7-8-1-2-9(15)5-8/h3-4,6,8-9H,1-2,5,7H2,(H,16,17). The molecule has 1 aromatic rings. The minimum absolute atomic E-state index is 0.0528. The monoisotopic (exact) mass is 315 g/mol. The first kappa shape index (κ1) is 13.9. The Labute approximate surface area is 122 Å². The van der Waals surface area contributed by atoms with E-state index in [1.807, 2.05) is 0 Å². The number of carboxylic acids is 1. The van der Waals surface area contributed by atoms with E-state index in [0.29, 0.717) is 12.5 Å². The average Bonchev–Trinajstić information content (AvgIpc) is 3.00. The lowest BCUT2D eigenvalue weighted by Crippen LogP contribution is -2.37. The lowest BCUT2D eigenvalue weighted by molar-refractivity contribution is 0.0697. The number of rotatable bonds is 3. The first-order chi connectivity index (χ1) is 9.39. The van der Waals surface area contributed by atoms with E-state index in [1.54, 1.807) is 0 Å². The van der Waals surface area contributed by atoms with E-state index in [2.05, 4.69) is 0 Å². The number of hydrogen-bond donors (Lipinski definition) is 1. The molecule has 5 nitrogen and oxygen atoms in total. The molecule has 1 aromatic carbocycles. The second kappa shape index (κ2) is 4.72. The molecule has 7 heteroatoms. The van der Waals surface area contributed by atoms with Gasteiger partial charge in [0.15, 0.2) is 0 Å². The normalized spacial score (nSPS) is 26.1. The van der Waals surface area contributed by atoms with Gasteiger partial charge in [-0.2, -0.15) is 4.31 Å². The second-order valence-corrected chi connectivity index (χ2v) is 7.65. The molecule has 0 aromatic heterocycles. The van der Waals surface area contributed by atoms with Crippen molar-refractivity contribution in [1.29, 1.82) is 0 Å². The number of aromatic carboxylic acids is 1. The van der Waals surface area contributed by atoms with E-state index >= 15 is 0 Å². The maximum absolute atomic E-state index is 12.6. The van der Waals surface area contributed by atoms with Gasteiger partial charge in [0.25, 0.3) is 0 Å². The van der Waals surface area contributed by atoms with E-state index in [-0.39, 0.29) is 21.5 Å². The Balaban J connectivity index is 1.96. The number of carboxylic acid groups (broad SMARTS) is 1. The second-order valence-electron chi connectivity index (χ2n) is 5.35. The van der Waals surface area contributed by atoms with Gasteiger partial charge in [-0.15, -0.1) is 0 Å². The number of halogens is 1. The van der Waals surface area contributed by atoms with Gasteiger partial charge in [-0.05, 0) is 43.4 Å². The Morgan fingerprint density at radius 2 is 2.10 bits per heavy atom. The third-order valence-electron chi connectivity index (χ3n) is 4.14. The summed E-state index contributed by atoms with van der Waals surface area (Å²) < 4.78 is 26.7. The Morgan fingerprint density at radius 3 is 2.60 bits per heavy atom. The summed E-state index contributed by atoms with van der Waals surface area (Å²) in [4.78, 5) is 11.0. The summed E-state index contributed by atoms with van der Waals surface area (Å²) in [6.07, 6.45) is 2.93. The van der Waals surface area contributed by atoms with Gasteiger partial charge in [0.2, 0.25) is 10.0 Å². The van der Waals surface area contributed by atoms with Crippen LogP contribution in [0.5, 0.6) is 0 Å². The van der Waals surface area contributed by atoms with Gasteiger partial charge < -0.3 is 5.11 Å². The van der Waals surface area contributed by atoms with Gasteiger partial charge in [-0.3, -0.25) is 0 Å². The number of nitrogens with zero attached hydrogens (tertiary/aromatic N) is 1. The highest BCUT2D eigenvalue weighted by molar-refractivity contribution is 7.89. The van der Waals surface area contributed by atoms with Crippen molar-refractivity contribution in [3.63, 3.8) is 0 Å². The van der Waals surface area contributed by atoms with E-state index in [4.69, 9.17) is 16.7 Å². The van der Waals surface area contributed by atoms with E-state index in [0.717, 1.165) is 19.3 Å². The molecule has 20 heavy (non-hydrogen) atoms. The maximum atomic E-state index is 12.6. The molecular weight excluding hydrogens is 302 g/mol. The predicted octanol–water partition coefficient (Wildman–Crippen LogP) is 2.21. The van der Waals surface area contributed by atoms with Crippen molar-refractivity contribution >= 4 is 27.6 Å². The third-order valence-corrected chi connectivity index (χ3v) is 6.36. The van der Waals surface area contributed by atoms with Crippen LogP contribution in [0, 0.1) is 5.92 Å². The van der Waals surface area contributed by atoms with Gasteiger partial charge in [0.05, 0.1) is 15.5 Å². The molecule has 1 heterocycles.